The minimum absolute atomic E-state index is 0.0864. The van der Waals surface area contributed by atoms with E-state index in [4.69, 9.17) is 13.7 Å². The standard InChI is InChI=1S/C15H15N5O5S2/c1-23-6-4-16-12(21)8-26-15-19-18-14(27-15)17-13(22)9-7-11(25-20-9)10-3-2-5-24-10/h2-3,5,7H,4,6,8H2,1H3,(H,16,21)(H,17,18,22). The van der Waals surface area contributed by atoms with E-state index in [0.29, 0.717) is 34.1 Å². The Hall–Kier alpha value is -2.70. The maximum absolute atomic E-state index is 12.2. The van der Waals surface area contributed by atoms with Crippen LogP contribution in [0.1, 0.15) is 10.5 Å². The molecule has 3 rings (SSSR count). The lowest BCUT2D eigenvalue weighted by Crippen LogP contribution is -2.28. The van der Waals surface area contributed by atoms with Crippen molar-refractivity contribution in [2.24, 2.45) is 0 Å². The molecule has 0 spiro atoms. The summed E-state index contributed by atoms with van der Waals surface area (Å²) < 4.78 is 15.7. The number of methoxy groups -OCH3 is 1. The molecule has 0 radical (unpaired) electrons. The summed E-state index contributed by atoms with van der Waals surface area (Å²) in [6, 6.07) is 4.87. The molecule has 2 N–H and O–H groups in total. The molecule has 0 aliphatic rings. The maximum Gasteiger partial charge on any atom is 0.279 e. The summed E-state index contributed by atoms with van der Waals surface area (Å²) in [6.45, 7) is 0.903. The van der Waals surface area contributed by atoms with E-state index in [1.165, 1.54) is 24.1 Å². The SMILES string of the molecule is COCCNC(=O)CSc1nnc(NC(=O)c2cc(-c3ccco3)on2)s1. The van der Waals surface area contributed by atoms with Gasteiger partial charge in [0, 0.05) is 19.7 Å². The normalized spacial score (nSPS) is 10.7. The van der Waals surface area contributed by atoms with E-state index >= 15 is 0 Å². The Labute approximate surface area is 161 Å². The molecular formula is C15H15N5O5S2. The number of nitrogens with one attached hydrogen (secondary N) is 2. The number of furan rings is 1. The predicted molar refractivity (Wildman–Crippen MR) is 97.7 cm³/mol. The first kappa shape index (κ1) is 19.1. The fraction of sp³-hybridized carbons (Fsp3) is 0.267. The number of hydrogen-bond donors (Lipinski definition) is 2. The molecule has 142 valence electrons. The number of anilines is 1. The molecule has 0 fully saturated rings. The average Bonchev–Trinajstić information content (AvgIpc) is 3.40. The van der Waals surface area contributed by atoms with Gasteiger partial charge < -0.3 is 19.0 Å². The summed E-state index contributed by atoms with van der Waals surface area (Å²) in [7, 11) is 1.56. The van der Waals surface area contributed by atoms with E-state index in [1.54, 1.807) is 19.2 Å². The van der Waals surface area contributed by atoms with Crippen molar-refractivity contribution in [1.82, 2.24) is 20.7 Å². The lowest BCUT2D eigenvalue weighted by molar-refractivity contribution is -0.118. The minimum atomic E-state index is -0.485. The van der Waals surface area contributed by atoms with Crippen LogP contribution >= 0.6 is 23.1 Å². The van der Waals surface area contributed by atoms with Gasteiger partial charge in [-0.2, -0.15) is 0 Å². The molecule has 3 aromatic rings. The minimum Gasteiger partial charge on any atom is -0.461 e. The van der Waals surface area contributed by atoms with Crippen molar-refractivity contribution in [2.75, 3.05) is 31.3 Å². The van der Waals surface area contributed by atoms with Crippen LogP contribution in [-0.2, 0) is 9.53 Å². The molecule has 0 aliphatic heterocycles. The number of carbonyl (C=O) groups excluding carboxylic acids is 2. The van der Waals surface area contributed by atoms with Gasteiger partial charge in [-0.1, -0.05) is 28.3 Å². The van der Waals surface area contributed by atoms with E-state index in [0.717, 1.165) is 11.3 Å². The average molecular weight is 409 g/mol. The molecule has 0 unspecified atom stereocenters. The van der Waals surface area contributed by atoms with Crippen molar-refractivity contribution < 1.29 is 23.3 Å². The number of nitrogens with zero attached hydrogens (tertiary/aromatic N) is 3. The third kappa shape index (κ3) is 5.39. The molecule has 10 nitrogen and oxygen atoms in total. The fourth-order valence-corrected chi connectivity index (χ4v) is 3.44. The number of amides is 2. The summed E-state index contributed by atoms with van der Waals surface area (Å²) in [5.41, 5.74) is 0.0864. The number of thioether (sulfide) groups is 1. The van der Waals surface area contributed by atoms with Gasteiger partial charge >= 0.3 is 0 Å². The highest BCUT2D eigenvalue weighted by Gasteiger charge is 2.17. The highest BCUT2D eigenvalue weighted by molar-refractivity contribution is 8.01. The van der Waals surface area contributed by atoms with E-state index in [-0.39, 0.29) is 17.4 Å². The Bertz CT molecular complexity index is 892. The van der Waals surface area contributed by atoms with Crippen molar-refractivity contribution in [3.05, 3.63) is 30.2 Å². The Morgan fingerprint density at radius 2 is 2.22 bits per heavy atom. The Morgan fingerprint density at radius 1 is 1.33 bits per heavy atom. The smallest absolute Gasteiger partial charge is 0.279 e. The van der Waals surface area contributed by atoms with Crippen LogP contribution in [0.2, 0.25) is 0 Å². The Balaban J connectivity index is 1.50. The molecule has 0 saturated carbocycles. The third-order valence-corrected chi connectivity index (χ3v) is 5.06. The van der Waals surface area contributed by atoms with Gasteiger partial charge in [0.25, 0.3) is 5.91 Å². The number of aromatic nitrogens is 3. The highest BCUT2D eigenvalue weighted by atomic mass is 32.2. The zero-order valence-corrected chi connectivity index (χ0v) is 15.8. The lowest BCUT2D eigenvalue weighted by atomic mass is 10.3. The van der Waals surface area contributed by atoms with Gasteiger partial charge in [0.2, 0.25) is 16.8 Å². The van der Waals surface area contributed by atoms with Gasteiger partial charge in [0.1, 0.15) is 0 Å². The second-order valence-electron chi connectivity index (χ2n) is 5.01. The van der Waals surface area contributed by atoms with Crippen molar-refractivity contribution in [3.8, 4) is 11.5 Å². The molecule has 27 heavy (non-hydrogen) atoms. The van der Waals surface area contributed by atoms with Gasteiger partial charge in [-0.15, -0.1) is 10.2 Å². The van der Waals surface area contributed by atoms with E-state index in [1.807, 2.05) is 0 Å². The first-order valence-corrected chi connectivity index (χ1v) is 9.50. The molecule has 0 atom stereocenters. The Kier molecular flexibility index (Phi) is 6.57. The van der Waals surface area contributed by atoms with Crippen LogP contribution in [-0.4, -0.2) is 53.2 Å². The highest BCUT2D eigenvalue weighted by Crippen LogP contribution is 2.26. The maximum atomic E-state index is 12.2. The zero-order chi connectivity index (χ0) is 19.1. The first-order chi connectivity index (χ1) is 13.2. The van der Waals surface area contributed by atoms with Crippen LogP contribution in [0.3, 0.4) is 0 Å². The largest absolute Gasteiger partial charge is 0.461 e. The summed E-state index contributed by atoms with van der Waals surface area (Å²) >= 11 is 2.38. The van der Waals surface area contributed by atoms with Crippen LogP contribution in [0.25, 0.3) is 11.5 Å². The molecule has 0 bridgehead atoms. The van der Waals surface area contributed by atoms with E-state index < -0.39 is 5.91 Å². The first-order valence-electron chi connectivity index (χ1n) is 7.69. The molecule has 3 heterocycles. The lowest BCUT2D eigenvalue weighted by Gasteiger charge is -2.02. The summed E-state index contributed by atoms with van der Waals surface area (Å²) in [4.78, 5) is 23.8. The van der Waals surface area contributed by atoms with Gasteiger partial charge in [0.05, 0.1) is 18.6 Å². The van der Waals surface area contributed by atoms with Gasteiger partial charge in [-0.3, -0.25) is 14.9 Å². The van der Waals surface area contributed by atoms with Crippen LogP contribution in [0.4, 0.5) is 5.13 Å². The van der Waals surface area contributed by atoms with Gasteiger partial charge in [-0.25, -0.2) is 0 Å². The summed E-state index contributed by atoms with van der Waals surface area (Å²) in [5, 5.41) is 17.1. The number of carbonyl (C=O) groups is 2. The topological polar surface area (TPSA) is 132 Å². The summed E-state index contributed by atoms with van der Waals surface area (Å²) in [5.74, 6) is 0.396. The molecule has 2 amide bonds. The third-order valence-electron chi connectivity index (χ3n) is 3.09. The molecule has 0 aromatic carbocycles. The molecule has 3 aromatic heterocycles. The van der Waals surface area contributed by atoms with Gasteiger partial charge in [-0.05, 0) is 12.1 Å². The van der Waals surface area contributed by atoms with Crippen molar-refractivity contribution >= 4 is 40.0 Å². The number of hydrogen-bond acceptors (Lipinski definition) is 10. The monoisotopic (exact) mass is 409 g/mol. The Morgan fingerprint density at radius 3 is 3.00 bits per heavy atom. The van der Waals surface area contributed by atoms with E-state index in [2.05, 4.69) is 26.0 Å². The van der Waals surface area contributed by atoms with Crippen LogP contribution in [0.15, 0.2) is 37.7 Å². The van der Waals surface area contributed by atoms with Crippen molar-refractivity contribution in [2.45, 2.75) is 4.34 Å². The van der Waals surface area contributed by atoms with Crippen LogP contribution in [0, 0.1) is 0 Å². The van der Waals surface area contributed by atoms with Crippen molar-refractivity contribution in [3.63, 3.8) is 0 Å². The molecule has 12 heteroatoms. The molecule has 0 saturated heterocycles. The number of rotatable bonds is 9. The molecule has 0 aliphatic carbocycles. The second-order valence-corrected chi connectivity index (χ2v) is 7.21. The van der Waals surface area contributed by atoms with Gasteiger partial charge in [0.15, 0.2) is 15.8 Å². The second kappa shape index (κ2) is 9.30. The van der Waals surface area contributed by atoms with Crippen LogP contribution < -0.4 is 10.6 Å². The van der Waals surface area contributed by atoms with Crippen molar-refractivity contribution in [1.29, 1.82) is 0 Å². The fourth-order valence-electron chi connectivity index (χ4n) is 1.87. The number of ether oxygens (including phenoxy) is 1. The quantitative estimate of drug-likeness (QED) is 0.309. The van der Waals surface area contributed by atoms with Crippen LogP contribution in [0.5, 0.6) is 0 Å². The van der Waals surface area contributed by atoms with E-state index in [9.17, 15) is 9.59 Å². The predicted octanol–water partition coefficient (Wildman–Crippen LogP) is 1.89. The zero-order valence-electron chi connectivity index (χ0n) is 14.1. The molecular weight excluding hydrogens is 394 g/mol. The summed E-state index contributed by atoms with van der Waals surface area (Å²) in [6.07, 6.45) is 1.50.